The molecule has 6 heteroatoms. The molecule has 1 fully saturated rings. The number of anilines is 2. The molecule has 1 aliphatic carbocycles. The highest BCUT2D eigenvalue weighted by Crippen LogP contribution is 2.27. The minimum Gasteiger partial charge on any atom is -0.385 e. The standard InChI is InChI=1S/C19H33N3O2S/c1-19(2,3)25(23,24)21-17-8-6-15(7-9-17)14-20-16-10-12-18(13-11-16)22(4)5/h10-13,15,17,20-21H,6-9,14H2,1-5H3. The minimum absolute atomic E-state index is 0.0832. The van der Waals surface area contributed by atoms with Gasteiger partial charge in [0.15, 0.2) is 0 Å². The molecular formula is C19H33N3O2S. The Morgan fingerprint density at radius 2 is 1.60 bits per heavy atom. The van der Waals surface area contributed by atoms with Gasteiger partial charge in [-0.1, -0.05) is 0 Å². The predicted molar refractivity (Wildman–Crippen MR) is 107 cm³/mol. The van der Waals surface area contributed by atoms with E-state index in [1.807, 2.05) is 14.1 Å². The first kappa shape index (κ1) is 20.0. The number of hydrogen-bond donors (Lipinski definition) is 2. The average molecular weight is 368 g/mol. The van der Waals surface area contributed by atoms with Crippen LogP contribution in [0.2, 0.25) is 0 Å². The third kappa shape index (κ3) is 5.61. The fraction of sp³-hybridized carbons (Fsp3) is 0.684. The molecule has 1 aliphatic rings. The van der Waals surface area contributed by atoms with Crippen molar-refractivity contribution in [2.24, 2.45) is 5.92 Å². The Balaban J connectivity index is 1.77. The third-order valence-electron chi connectivity index (χ3n) is 4.95. The van der Waals surface area contributed by atoms with Gasteiger partial charge in [-0.05, 0) is 76.6 Å². The molecule has 1 aromatic carbocycles. The largest absolute Gasteiger partial charge is 0.385 e. The van der Waals surface area contributed by atoms with E-state index >= 15 is 0 Å². The second-order valence-corrected chi connectivity index (χ2v) is 10.7. The maximum atomic E-state index is 12.3. The second-order valence-electron chi connectivity index (χ2n) is 8.27. The Labute approximate surface area is 153 Å². The summed E-state index contributed by atoms with van der Waals surface area (Å²) < 4.78 is 26.7. The van der Waals surface area contributed by atoms with Crippen molar-refractivity contribution >= 4 is 21.4 Å². The Hall–Kier alpha value is -1.27. The van der Waals surface area contributed by atoms with Crippen molar-refractivity contribution in [2.45, 2.75) is 57.2 Å². The van der Waals surface area contributed by atoms with Gasteiger partial charge in [0.1, 0.15) is 0 Å². The van der Waals surface area contributed by atoms with Gasteiger partial charge in [0, 0.05) is 38.1 Å². The van der Waals surface area contributed by atoms with Crippen LogP contribution in [0.15, 0.2) is 24.3 Å². The molecule has 2 rings (SSSR count). The molecule has 0 aliphatic heterocycles. The lowest BCUT2D eigenvalue weighted by Gasteiger charge is -2.31. The van der Waals surface area contributed by atoms with Gasteiger partial charge in [-0.15, -0.1) is 0 Å². The van der Waals surface area contributed by atoms with Crippen LogP contribution in [0.3, 0.4) is 0 Å². The molecule has 0 amide bonds. The SMILES string of the molecule is CN(C)c1ccc(NCC2CCC(NS(=O)(=O)C(C)(C)C)CC2)cc1. The van der Waals surface area contributed by atoms with Crippen molar-refractivity contribution in [3.05, 3.63) is 24.3 Å². The smallest absolute Gasteiger partial charge is 0.216 e. The molecule has 142 valence electrons. The van der Waals surface area contributed by atoms with Crippen LogP contribution in [-0.2, 0) is 10.0 Å². The number of nitrogens with zero attached hydrogens (tertiary/aromatic N) is 1. The number of rotatable bonds is 6. The molecule has 0 radical (unpaired) electrons. The lowest BCUT2D eigenvalue weighted by molar-refractivity contribution is 0.322. The molecule has 0 atom stereocenters. The fourth-order valence-electron chi connectivity index (χ4n) is 3.02. The van der Waals surface area contributed by atoms with E-state index < -0.39 is 14.8 Å². The molecule has 0 unspecified atom stereocenters. The number of nitrogens with one attached hydrogen (secondary N) is 2. The fourth-order valence-corrected chi connectivity index (χ4v) is 4.05. The van der Waals surface area contributed by atoms with Crippen LogP contribution in [0, 0.1) is 5.92 Å². The summed E-state index contributed by atoms with van der Waals surface area (Å²) in [5.41, 5.74) is 2.33. The van der Waals surface area contributed by atoms with Crippen LogP contribution in [-0.4, -0.2) is 39.8 Å². The van der Waals surface area contributed by atoms with Crippen molar-refractivity contribution in [1.29, 1.82) is 0 Å². The van der Waals surface area contributed by atoms with Crippen LogP contribution >= 0.6 is 0 Å². The molecule has 5 nitrogen and oxygen atoms in total. The van der Waals surface area contributed by atoms with Gasteiger partial charge < -0.3 is 10.2 Å². The van der Waals surface area contributed by atoms with Gasteiger partial charge in [-0.25, -0.2) is 13.1 Å². The zero-order chi connectivity index (χ0) is 18.7. The summed E-state index contributed by atoms with van der Waals surface area (Å²) in [6, 6.07) is 8.53. The maximum Gasteiger partial charge on any atom is 0.216 e. The molecule has 1 aromatic rings. The van der Waals surface area contributed by atoms with E-state index in [0.717, 1.165) is 37.9 Å². The molecule has 0 saturated heterocycles. The lowest BCUT2D eigenvalue weighted by Crippen LogP contribution is -2.46. The van der Waals surface area contributed by atoms with Crippen molar-refractivity contribution in [3.8, 4) is 0 Å². The van der Waals surface area contributed by atoms with E-state index in [2.05, 4.69) is 39.2 Å². The van der Waals surface area contributed by atoms with Gasteiger partial charge in [0.05, 0.1) is 4.75 Å². The average Bonchev–Trinajstić information content (AvgIpc) is 2.53. The van der Waals surface area contributed by atoms with Gasteiger partial charge in [0.25, 0.3) is 0 Å². The quantitative estimate of drug-likeness (QED) is 0.808. The van der Waals surface area contributed by atoms with Gasteiger partial charge in [0.2, 0.25) is 10.0 Å². The van der Waals surface area contributed by atoms with Crippen molar-refractivity contribution in [2.75, 3.05) is 30.9 Å². The Kier molecular flexibility index (Phi) is 6.38. The molecular weight excluding hydrogens is 334 g/mol. The highest BCUT2D eigenvalue weighted by molar-refractivity contribution is 7.90. The summed E-state index contributed by atoms with van der Waals surface area (Å²) in [4.78, 5) is 2.09. The highest BCUT2D eigenvalue weighted by Gasteiger charge is 2.32. The predicted octanol–water partition coefficient (Wildman–Crippen LogP) is 3.44. The number of sulfonamides is 1. The number of benzene rings is 1. The maximum absolute atomic E-state index is 12.3. The highest BCUT2D eigenvalue weighted by atomic mass is 32.2. The second kappa shape index (κ2) is 7.96. The van der Waals surface area contributed by atoms with Crippen LogP contribution in [0.1, 0.15) is 46.5 Å². The molecule has 0 spiro atoms. The summed E-state index contributed by atoms with van der Waals surface area (Å²) in [6.45, 7) is 6.17. The Bertz CT molecular complexity index is 640. The zero-order valence-electron chi connectivity index (χ0n) is 16.2. The van der Waals surface area contributed by atoms with Crippen LogP contribution < -0.4 is 14.9 Å². The first-order valence-corrected chi connectivity index (χ1v) is 10.6. The van der Waals surface area contributed by atoms with Crippen LogP contribution in [0.4, 0.5) is 11.4 Å². The summed E-state index contributed by atoms with van der Waals surface area (Å²) in [5, 5.41) is 3.51. The van der Waals surface area contributed by atoms with Crippen LogP contribution in [0.25, 0.3) is 0 Å². The van der Waals surface area contributed by atoms with Gasteiger partial charge >= 0.3 is 0 Å². The van der Waals surface area contributed by atoms with Gasteiger partial charge in [-0.2, -0.15) is 0 Å². The van der Waals surface area contributed by atoms with E-state index in [9.17, 15) is 8.42 Å². The molecule has 2 N–H and O–H groups in total. The normalized spacial score (nSPS) is 21.8. The molecule has 0 heterocycles. The van der Waals surface area contributed by atoms with E-state index in [4.69, 9.17) is 0 Å². The summed E-state index contributed by atoms with van der Waals surface area (Å²) in [6.07, 6.45) is 3.95. The first-order valence-electron chi connectivity index (χ1n) is 9.11. The van der Waals surface area contributed by atoms with E-state index in [0.29, 0.717) is 5.92 Å². The molecule has 1 saturated carbocycles. The van der Waals surface area contributed by atoms with Crippen molar-refractivity contribution < 1.29 is 8.42 Å². The van der Waals surface area contributed by atoms with E-state index in [1.54, 1.807) is 20.8 Å². The monoisotopic (exact) mass is 367 g/mol. The Morgan fingerprint density at radius 1 is 1.04 bits per heavy atom. The topological polar surface area (TPSA) is 61.4 Å². The molecule has 25 heavy (non-hydrogen) atoms. The third-order valence-corrected chi connectivity index (χ3v) is 7.21. The molecule has 0 aromatic heterocycles. The first-order chi connectivity index (χ1) is 11.6. The summed E-state index contributed by atoms with van der Waals surface area (Å²) >= 11 is 0. The van der Waals surface area contributed by atoms with E-state index in [1.165, 1.54) is 5.69 Å². The summed E-state index contributed by atoms with van der Waals surface area (Å²) in [5.74, 6) is 0.601. The minimum atomic E-state index is -3.25. The van der Waals surface area contributed by atoms with Crippen molar-refractivity contribution in [3.63, 3.8) is 0 Å². The Morgan fingerprint density at radius 3 is 2.08 bits per heavy atom. The summed E-state index contributed by atoms with van der Waals surface area (Å²) in [7, 11) is 0.822. The van der Waals surface area contributed by atoms with Crippen molar-refractivity contribution in [1.82, 2.24) is 4.72 Å². The van der Waals surface area contributed by atoms with Gasteiger partial charge in [-0.3, -0.25) is 0 Å². The lowest BCUT2D eigenvalue weighted by atomic mass is 9.86. The van der Waals surface area contributed by atoms with Crippen LogP contribution in [0.5, 0.6) is 0 Å². The zero-order valence-corrected chi connectivity index (χ0v) is 17.0. The number of hydrogen-bond acceptors (Lipinski definition) is 4. The van der Waals surface area contributed by atoms with E-state index in [-0.39, 0.29) is 6.04 Å². The molecule has 0 bridgehead atoms.